The van der Waals surface area contributed by atoms with Gasteiger partial charge in [-0.05, 0) is 44.4 Å². The Kier molecular flexibility index (Phi) is 10.3. The third-order valence-electron chi connectivity index (χ3n) is 6.14. The molecule has 0 aliphatic carbocycles. The van der Waals surface area contributed by atoms with Crippen molar-refractivity contribution in [2.24, 2.45) is 4.99 Å². The Morgan fingerprint density at radius 1 is 1.03 bits per heavy atom. The van der Waals surface area contributed by atoms with Gasteiger partial charge >= 0.3 is 0 Å². The molecule has 3 rings (SSSR count). The maximum absolute atomic E-state index is 12.7. The van der Waals surface area contributed by atoms with Gasteiger partial charge in [0.25, 0.3) is 0 Å². The molecule has 0 saturated carbocycles. The zero-order valence-electron chi connectivity index (χ0n) is 19.5. The molecule has 0 radical (unpaired) electrons. The van der Waals surface area contributed by atoms with E-state index in [1.54, 1.807) is 0 Å². The number of anilines is 1. The average Bonchev–Trinajstić information content (AvgIpc) is 3.31. The van der Waals surface area contributed by atoms with Crippen LogP contribution in [0.2, 0.25) is 0 Å². The molecular formula is C23H39IN6O. The highest BCUT2D eigenvalue weighted by Crippen LogP contribution is 2.15. The average molecular weight is 543 g/mol. The first-order valence-corrected chi connectivity index (χ1v) is 11.3. The van der Waals surface area contributed by atoms with Crippen molar-refractivity contribution >= 4 is 41.5 Å². The number of nitrogens with one attached hydrogen (secondary N) is 1. The Hall–Kier alpha value is -1.55. The largest absolute Gasteiger partial charge is 0.378 e. The summed E-state index contributed by atoms with van der Waals surface area (Å²) in [6.07, 6.45) is 2.29. The number of guanidine groups is 1. The lowest BCUT2D eigenvalue weighted by atomic mass is 10.2. The number of piperazine rings is 1. The highest BCUT2D eigenvalue weighted by molar-refractivity contribution is 14.0. The summed E-state index contributed by atoms with van der Waals surface area (Å²) < 4.78 is 0. The topological polar surface area (TPSA) is 54.4 Å². The fourth-order valence-electron chi connectivity index (χ4n) is 4.17. The Balaban J connectivity index is 0.00000341. The first-order chi connectivity index (χ1) is 14.5. The Morgan fingerprint density at radius 3 is 2.19 bits per heavy atom. The van der Waals surface area contributed by atoms with Crippen LogP contribution in [0, 0.1) is 0 Å². The summed E-state index contributed by atoms with van der Waals surface area (Å²) in [6, 6.07) is 8.53. The van der Waals surface area contributed by atoms with Crippen LogP contribution in [0.1, 0.15) is 32.3 Å². The maximum Gasteiger partial charge on any atom is 0.239 e. The molecule has 2 aliphatic rings. The van der Waals surface area contributed by atoms with Crippen LogP contribution in [0.4, 0.5) is 5.69 Å². The fourth-order valence-corrected chi connectivity index (χ4v) is 4.17. The van der Waals surface area contributed by atoms with Crippen LogP contribution in [0.5, 0.6) is 0 Å². The van der Waals surface area contributed by atoms with Gasteiger partial charge in [0.2, 0.25) is 5.91 Å². The molecule has 7 nitrogen and oxygen atoms in total. The normalized spacial score (nSPS) is 18.5. The van der Waals surface area contributed by atoms with E-state index < -0.39 is 0 Å². The number of benzene rings is 1. The summed E-state index contributed by atoms with van der Waals surface area (Å²) in [4.78, 5) is 26.4. The smallest absolute Gasteiger partial charge is 0.239 e. The van der Waals surface area contributed by atoms with E-state index in [1.165, 1.54) is 11.3 Å². The van der Waals surface area contributed by atoms with Gasteiger partial charge in [0.15, 0.2) is 5.96 Å². The lowest BCUT2D eigenvalue weighted by Crippen LogP contribution is -2.57. The molecule has 1 atom stereocenters. The molecule has 2 fully saturated rings. The standard InChI is InChI=1S/C23H38N6O.HI/c1-5-24-23(25-18-20-8-10-21(11-9-20)26(3)4)29-16-14-27(15-17-29)19(2)22(30)28-12-6-7-13-28;/h8-11,19H,5-7,12-18H2,1-4H3,(H,24,25);1H. The first kappa shape index (κ1) is 25.7. The zero-order chi connectivity index (χ0) is 21.5. The van der Waals surface area contributed by atoms with E-state index in [9.17, 15) is 4.79 Å². The molecule has 2 aliphatic heterocycles. The minimum Gasteiger partial charge on any atom is -0.378 e. The van der Waals surface area contributed by atoms with Gasteiger partial charge in [0, 0.05) is 65.6 Å². The molecule has 0 spiro atoms. The van der Waals surface area contributed by atoms with Gasteiger partial charge in [0.05, 0.1) is 12.6 Å². The van der Waals surface area contributed by atoms with E-state index in [4.69, 9.17) is 4.99 Å². The third-order valence-corrected chi connectivity index (χ3v) is 6.14. The van der Waals surface area contributed by atoms with E-state index >= 15 is 0 Å². The van der Waals surface area contributed by atoms with Gasteiger partial charge in [-0.2, -0.15) is 0 Å². The number of hydrogen-bond donors (Lipinski definition) is 1. The molecule has 0 bridgehead atoms. The second-order valence-corrected chi connectivity index (χ2v) is 8.46. The summed E-state index contributed by atoms with van der Waals surface area (Å²) in [6.45, 7) is 11.1. The first-order valence-electron chi connectivity index (χ1n) is 11.3. The summed E-state index contributed by atoms with van der Waals surface area (Å²) in [5.74, 6) is 1.26. The molecule has 0 aromatic heterocycles. The van der Waals surface area contributed by atoms with Crippen LogP contribution in [0.15, 0.2) is 29.3 Å². The van der Waals surface area contributed by atoms with Crippen molar-refractivity contribution in [3.05, 3.63) is 29.8 Å². The van der Waals surface area contributed by atoms with Crippen LogP contribution < -0.4 is 10.2 Å². The highest BCUT2D eigenvalue weighted by Gasteiger charge is 2.30. The van der Waals surface area contributed by atoms with Crippen LogP contribution in [0.25, 0.3) is 0 Å². The van der Waals surface area contributed by atoms with Crippen molar-refractivity contribution < 1.29 is 4.79 Å². The molecule has 8 heteroatoms. The van der Waals surface area contributed by atoms with Crippen molar-refractivity contribution in [1.82, 2.24) is 20.0 Å². The second-order valence-electron chi connectivity index (χ2n) is 8.46. The molecule has 174 valence electrons. The Morgan fingerprint density at radius 2 is 1.65 bits per heavy atom. The van der Waals surface area contributed by atoms with Gasteiger partial charge < -0.3 is 20.0 Å². The maximum atomic E-state index is 12.7. The number of rotatable bonds is 6. The van der Waals surface area contributed by atoms with E-state index in [1.807, 2.05) is 4.90 Å². The van der Waals surface area contributed by atoms with Gasteiger partial charge in [-0.25, -0.2) is 4.99 Å². The summed E-state index contributed by atoms with van der Waals surface area (Å²) in [5.41, 5.74) is 2.41. The number of hydrogen-bond acceptors (Lipinski definition) is 4. The van der Waals surface area contributed by atoms with Gasteiger partial charge in [-0.15, -0.1) is 24.0 Å². The monoisotopic (exact) mass is 542 g/mol. The van der Waals surface area contributed by atoms with E-state index in [-0.39, 0.29) is 30.0 Å². The molecule has 1 N–H and O–H groups in total. The number of aliphatic imine (C=N–C) groups is 1. The highest BCUT2D eigenvalue weighted by atomic mass is 127. The molecule has 2 saturated heterocycles. The molecular weight excluding hydrogens is 503 g/mol. The molecule has 2 heterocycles. The van der Waals surface area contributed by atoms with E-state index in [0.717, 1.165) is 64.6 Å². The van der Waals surface area contributed by atoms with Crippen molar-refractivity contribution in [2.75, 3.05) is 64.8 Å². The second kappa shape index (κ2) is 12.5. The predicted octanol–water partition coefficient (Wildman–Crippen LogP) is 2.46. The van der Waals surface area contributed by atoms with Gasteiger partial charge in [-0.1, -0.05) is 12.1 Å². The lowest BCUT2D eigenvalue weighted by molar-refractivity contribution is -0.135. The molecule has 1 unspecified atom stereocenters. The fraction of sp³-hybridized carbons (Fsp3) is 0.652. The van der Waals surface area contributed by atoms with Crippen molar-refractivity contribution in [3.8, 4) is 0 Å². The Labute approximate surface area is 204 Å². The summed E-state index contributed by atoms with van der Waals surface area (Å²) in [5, 5.41) is 3.44. The predicted molar refractivity (Wildman–Crippen MR) is 139 cm³/mol. The van der Waals surface area contributed by atoms with Crippen LogP contribution in [-0.4, -0.2) is 92.5 Å². The number of halogens is 1. The van der Waals surface area contributed by atoms with Crippen LogP contribution in [-0.2, 0) is 11.3 Å². The Bertz CT molecular complexity index is 709. The van der Waals surface area contributed by atoms with Crippen LogP contribution in [0.3, 0.4) is 0 Å². The van der Waals surface area contributed by atoms with E-state index in [0.29, 0.717) is 12.5 Å². The minimum absolute atomic E-state index is 0. The van der Waals surface area contributed by atoms with E-state index in [2.05, 4.69) is 72.2 Å². The number of amides is 1. The molecule has 1 aromatic carbocycles. The molecule has 1 aromatic rings. The van der Waals surface area contributed by atoms with Crippen LogP contribution >= 0.6 is 24.0 Å². The van der Waals surface area contributed by atoms with Crippen molar-refractivity contribution in [2.45, 2.75) is 39.3 Å². The van der Waals surface area contributed by atoms with Gasteiger partial charge in [0.1, 0.15) is 0 Å². The summed E-state index contributed by atoms with van der Waals surface area (Å²) in [7, 11) is 4.10. The molecule has 1 amide bonds. The van der Waals surface area contributed by atoms with Crippen molar-refractivity contribution in [1.29, 1.82) is 0 Å². The zero-order valence-corrected chi connectivity index (χ0v) is 21.8. The number of carbonyl (C=O) groups excluding carboxylic acids is 1. The lowest BCUT2D eigenvalue weighted by Gasteiger charge is -2.39. The number of likely N-dealkylation sites (tertiary alicyclic amines) is 1. The minimum atomic E-state index is -0.0278. The SMILES string of the molecule is CCNC(=NCc1ccc(N(C)C)cc1)N1CCN(C(C)C(=O)N2CCCC2)CC1.I. The summed E-state index contributed by atoms with van der Waals surface area (Å²) >= 11 is 0. The number of nitrogens with zero attached hydrogens (tertiary/aromatic N) is 5. The number of carbonyl (C=O) groups is 1. The van der Waals surface area contributed by atoms with Crippen molar-refractivity contribution in [3.63, 3.8) is 0 Å². The third kappa shape index (κ3) is 6.97. The molecule has 31 heavy (non-hydrogen) atoms. The quantitative estimate of drug-likeness (QED) is 0.340. The van der Waals surface area contributed by atoms with Gasteiger partial charge in [-0.3, -0.25) is 9.69 Å².